The van der Waals surface area contributed by atoms with Crippen molar-refractivity contribution in [3.8, 4) is 11.1 Å². The van der Waals surface area contributed by atoms with Gasteiger partial charge < -0.3 is 4.98 Å². The first kappa shape index (κ1) is 13.7. The minimum atomic E-state index is 0.486. The van der Waals surface area contributed by atoms with Crippen molar-refractivity contribution in [3.63, 3.8) is 0 Å². The second-order valence-electron chi connectivity index (χ2n) is 6.32. The van der Waals surface area contributed by atoms with E-state index in [2.05, 4.69) is 67.4 Å². The van der Waals surface area contributed by atoms with Gasteiger partial charge in [0, 0.05) is 27.2 Å². The van der Waals surface area contributed by atoms with Crippen molar-refractivity contribution in [1.29, 1.82) is 0 Å². The second-order valence-corrected chi connectivity index (χ2v) is 6.73. The van der Waals surface area contributed by atoms with E-state index < -0.39 is 0 Å². The van der Waals surface area contributed by atoms with E-state index in [4.69, 9.17) is 11.6 Å². The molecule has 0 saturated heterocycles. The zero-order chi connectivity index (χ0) is 15.3. The molecule has 0 spiro atoms. The molecule has 2 heteroatoms. The van der Waals surface area contributed by atoms with Gasteiger partial charge in [0.2, 0.25) is 0 Å². The molecular weight excluding hydrogens is 290 g/mol. The topological polar surface area (TPSA) is 15.8 Å². The van der Waals surface area contributed by atoms with E-state index in [-0.39, 0.29) is 0 Å². The van der Waals surface area contributed by atoms with Crippen molar-refractivity contribution < 1.29 is 0 Å². The highest BCUT2D eigenvalue weighted by Crippen LogP contribution is 2.35. The molecule has 3 aromatic rings. The number of rotatable bonds is 2. The van der Waals surface area contributed by atoms with Gasteiger partial charge in [0.25, 0.3) is 0 Å². The smallest absolute Gasteiger partial charge is 0.0491 e. The van der Waals surface area contributed by atoms with Gasteiger partial charge in [-0.1, -0.05) is 49.7 Å². The third kappa shape index (κ3) is 2.17. The number of allylic oxidation sites excluding steroid dienone is 1. The molecule has 1 aliphatic carbocycles. The molecule has 0 fully saturated rings. The maximum Gasteiger partial charge on any atom is 0.0491 e. The summed E-state index contributed by atoms with van der Waals surface area (Å²) in [6.07, 6.45) is 5.44. The molecule has 1 N–H and O–H groups in total. The molecule has 0 aliphatic heterocycles. The van der Waals surface area contributed by atoms with E-state index in [1.165, 1.54) is 27.8 Å². The van der Waals surface area contributed by atoms with Crippen molar-refractivity contribution in [1.82, 2.24) is 4.98 Å². The molecule has 4 rings (SSSR count). The highest BCUT2D eigenvalue weighted by molar-refractivity contribution is 6.34. The van der Waals surface area contributed by atoms with E-state index in [1.807, 2.05) is 0 Å². The first-order valence-corrected chi connectivity index (χ1v) is 8.11. The molecule has 0 unspecified atom stereocenters. The number of aromatic amines is 1. The molecule has 1 aromatic heterocycles. The molecule has 0 atom stereocenters. The van der Waals surface area contributed by atoms with E-state index in [0.717, 1.165) is 22.5 Å². The number of hydrogen-bond donors (Lipinski definition) is 1. The first-order chi connectivity index (χ1) is 10.6. The summed E-state index contributed by atoms with van der Waals surface area (Å²) in [6.45, 7) is 4.39. The van der Waals surface area contributed by atoms with E-state index in [1.54, 1.807) is 0 Å². The zero-order valence-corrected chi connectivity index (χ0v) is 13.5. The minimum Gasteiger partial charge on any atom is -0.358 e. The van der Waals surface area contributed by atoms with Crippen molar-refractivity contribution in [2.24, 2.45) is 0 Å². The predicted molar refractivity (Wildman–Crippen MR) is 95.6 cm³/mol. The number of hydrogen-bond acceptors (Lipinski definition) is 0. The minimum absolute atomic E-state index is 0.486. The number of benzene rings is 2. The Morgan fingerprint density at radius 1 is 1.09 bits per heavy atom. The monoisotopic (exact) mass is 307 g/mol. The number of H-pyrrole nitrogens is 1. The molecule has 0 radical (unpaired) electrons. The van der Waals surface area contributed by atoms with Crippen LogP contribution in [0.3, 0.4) is 0 Å². The summed E-state index contributed by atoms with van der Waals surface area (Å²) < 4.78 is 0. The molecule has 0 bridgehead atoms. The summed E-state index contributed by atoms with van der Waals surface area (Å²) in [6, 6.07) is 13.0. The largest absolute Gasteiger partial charge is 0.358 e. The van der Waals surface area contributed by atoms with Crippen LogP contribution in [0.4, 0.5) is 0 Å². The molecule has 1 heterocycles. The summed E-state index contributed by atoms with van der Waals surface area (Å²) >= 11 is 6.55. The lowest BCUT2D eigenvalue weighted by molar-refractivity contribution is 0.836. The van der Waals surface area contributed by atoms with Crippen molar-refractivity contribution in [2.75, 3.05) is 0 Å². The number of aromatic nitrogens is 1. The van der Waals surface area contributed by atoms with Crippen LogP contribution in [0.25, 0.3) is 28.1 Å². The molecule has 110 valence electrons. The fraction of sp³-hybridized carbons (Fsp3) is 0.200. The number of halogens is 1. The van der Waals surface area contributed by atoms with E-state index in [0.29, 0.717) is 5.92 Å². The Morgan fingerprint density at radius 2 is 1.95 bits per heavy atom. The van der Waals surface area contributed by atoms with Crippen molar-refractivity contribution >= 4 is 28.6 Å². The molecule has 0 saturated carbocycles. The van der Waals surface area contributed by atoms with Gasteiger partial charge in [0.05, 0.1) is 0 Å². The van der Waals surface area contributed by atoms with Crippen LogP contribution in [0.1, 0.15) is 36.6 Å². The first-order valence-electron chi connectivity index (χ1n) is 7.74. The third-order valence-corrected chi connectivity index (χ3v) is 4.76. The maximum absolute atomic E-state index is 6.55. The average Bonchev–Trinajstić information content (AvgIpc) is 3.11. The summed E-state index contributed by atoms with van der Waals surface area (Å²) in [5.41, 5.74) is 7.37. The Labute approximate surface area is 135 Å². The van der Waals surface area contributed by atoms with Crippen LogP contribution in [-0.2, 0) is 6.42 Å². The maximum atomic E-state index is 6.55. The van der Waals surface area contributed by atoms with Gasteiger partial charge in [-0.05, 0) is 53.3 Å². The summed E-state index contributed by atoms with van der Waals surface area (Å²) in [7, 11) is 0. The SMILES string of the molecule is CC(C)c1cc2cc(Cl)c(-c3ccc4c(c3)C=CC4)cc2[nH]1. The molecular formula is C20H18ClN. The Balaban J connectivity index is 1.87. The van der Waals surface area contributed by atoms with Gasteiger partial charge in [0.1, 0.15) is 0 Å². The molecule has 22 heavy (non-hydrogen) atoms. The van der Waals surface area contributed by atoms with Crippen LogP contribution in [-0.4, -0.2) is 4.98 Å². The van der Waals surface area contributed by atoms with E-state index in [9.17, 15) is 0 Å². The fourth-order valence-corrected chi connectivity index (χ4v) is 3.41. The zero-order valence-electron chi connectivity index (χ0n) is 12.8. The molecule has 0 amide bonds. The predicted octanol–water partition coefficient (Wildman–Crippen LogP) is 6.18. The van der Waals surface area contributed by atoms with Gasteiger partial charge in [-0.2, -0.15) is 0 Å². The van der Waals surface area contributed by atoms with E-state index >= 15 is 0 Å². The van der Waals surface area contributed by atoms with Crippen LogP contribution in [0.5, 0.6) is 0 Å². The fourth-order valence-electron chi connectivity index (χ4n) is 3.12. The standard InChI is InChI=1S/C20H18ClN/c1-12(2)19-10-16-9-18(21)17(11-20(16)22-19)15-7-6-13-4-3-5-14(13)8-15/h3,5-12,22H,4H2,1-2H3. The lowest BCUT2D eigenvalue weighted by Gasteiger charge is -2.08. The Hall–Kier alpha value is -1.99. The number of fused-ring (bicyclic) bond motifs is 2. The van der Waals surface area contributed by atoms with Gasteiger partial charge >= 0.3 is 0 Å². The highest BCUT2D eigenvalue weighted by atomic mass is 35.5. The Bertz CT molecular complexity index is 899. The highest BCUT2D eigenvalue weighted by Gasteiger charge is 2.12. The average molecular weight is 308 g/mol. The van der Waals surface area contributed by atoms with Crippen LogP contribution in [0.2, 0.25) is 5.02 Å². The normalized spacial score (nSPS) is 13.3. The summed E-state index contributed by atoms with van der Waals surface area (Å²) in [4.78, 5) is 3.51. The lowest BCUT2D eigenvalue weighted by atomic mass is 9.99. The Kier molecular flexibility index (Phi) is 3.12. The molecule has 1 aliphatic rings. The van der Waals surface area contributed by atoms with Crippen molar-refractivity contribution in [2.45, 2.75) is 26.2 Å². The quantitative estimate of drug-likeness (QED) is 0.581. The van der Waals surface area contributed by atoms with Crippen LogP contribution < -0.4 is 0 Å². The van der Waals surface area contributed by atoms with Crippen LogP contribution in [0.15, 0.2) is 42.5 Å². The molecule has 1 nitrogen and oxygen atoms in total. The Morgan fingerprint density at radius 3 is 2.77 bits per heavy atom. The third-order valence-electron chi connectivity index (χ3n) is 4.44. The van der Waals surface area contributed by atoms with Crippen molar-refractivity contribution in [3.05, 3.63) is 64.3 Å². The summed E-state index contributed by atoms with van der Waals surface area (Å²) in [5, 5.41) is 1.99. The summed E-state index contributed by atoms with van der Waals surface area (Å²) in [5.74, 6) is 0.486. The van der Waals surface area contributed by atoms with Crippen LogP contribution in [0, 0.1) is 0 Å². The van der Waals surface area contributed by atoms with Gasteiger partial charge in [-0.25, -0.2) is 0 Å². The lowest BCUT2D eigenvalue weighted by Crippen LogP contribution is -1.86. The second kappa shape index (κ2) is 5.03. The van der Waals surface area contributed by atoms with Crippen LogP contribution >= 0.6 is 11.6 Å². The van der Waals surface area contributed by atoms with Gasteiger partial charge in [-0.15, -0.1) is 0 Å². The molecule has 2 aromatic carbocycles. The van der Waals surface area contributed by atoms with Gasteiger partial charge in [0.15, 0.2) is 0 Å². The van der Waals surface area contributed by atoms with Gasteiger partial charge in [-0.3, -0.25) is 0 Å². The number of nitrogens with one attached hydrogen (secondary N) is 1.